The van der Waals surface area contributed by atoms with Crippen LogP contribution in [0.4, 0.5) is 17.1 Å². The standard InChI is InChI=1S/C68H45NS/c1-5-19-46(20-6-1)52-38-42-64(62(44-52)47-21-7-2-8-22-47)69(54-39-35-48(36-40-54)56-32-18-33-61-59-30-15-16-34-65(59)70-68(56)61)55-28-17-27-51(43-55)53-37-41-58-57-29-13-14-31-60(57)66(49-23-9-3-10-24-49)67(63(58)45-53)50-25-11-4-12-26-50/h1-45H. The van der Waals surface area contributed by atoms with Crippen LogP contribution in [0.15, 0.2) is 273 Å². The highest BCUT2D eigenvalue weighted by Crippen LogP contribution is 2.48. The Kier molecular flexibility index (Phi) is 10.5. The van der Waals surface area contributed by atoms with Gasteiger partial charge in [-0.25, -0.2) is 0 Å². The minimum Gasteiger partial charge on any atom is -0.310 e. The van der Waals surface area contributed by atoms with Crippen LogP contribution in [0.3, 0.4) is 0 Å². The molecule has 0 aliphatic heterocycles. The number of hydrogen-bond donors (Lipinski definition) is 0. The summed E-state index contributed by atoms with van der Waals surface area (Å²) in [6.45, 7) is 0. The Morgan fingerprint density at radius 1 is 0.243 bits per heavy atom. The third kappa shape index (κ3) is 7.34. The van der Waals surface area contributed by atoms with E-state index < -0.39 is 0 Å². The molecule has 2 heteroatoms. The van der Waals surface area contributed by atoms with Crippen molar-refractivity contribution in [1.82, 2.24) is 0 Å². The second-order valence-corrected chi connectivity index (χ2v) is 19.0. The first-order valence-corrected chi connectivity index (χ1v) is 24.8. The van der Waals surface area contributed by atoms with Gasteiger partial charge >= 0.3 is 0 Å². The number of rotatable bonds is 9. The Labute approximate surface area is 412 Å². The second-order valence-electron chi connectivity index (χ2n) is 18.0. The van der Waals surface area contributed by atoms with E-state index in [1.807, 2.05) is 11.3 Å². The quantitative estimate of drug-likeness (QED) is 0.130. The summed E-state index contributed by atoms with van der Waals surface area (Å²) in [5.74, 6) is 0. The van der Waals surface area contributed by atoms with Crippen molar-refractivity contribution < 1.29 is 0 Å². The van der Waals surface area contributed by atoms with E-state index in [-0.39, 0.29) is 0 Å². The monoisotopic (exact) mass is 907 g/mol. The summed E-state index contributed by atoms with van der Waals surface area (Å²) in [4.78, 5) is 2.45. The highest BCUT2D eigenvalue weighted by molar-refractivity contribution is 7.26. The molecule has 1 heterocycles. The third-order valence-corrected chi connectivity index (χ3v) is 15.1. The molecular formula is C68H45NS. The van der Waals surface area contributed by atoms with Gasteiger partial charge in [-0.15, -0.1) is 11.3 Å². The van der Waals surface area contributed by atoms with Gasteiger partial charge in [0.1, 0.15) is 0 Å². The summed E-state index contributed by atoms with van der Waals surface area (Å²) in [6, 6.07) is 100.0. The number of anilines is 3. The normalized spacial score (nSPS) is 11.4. The van der Waals surface area contributed by atoms with Gasteiger partial charge in [0.25, 0.3) is 0 Å². The van der Waals surface area contributed by atoms with E-state index in [4.69, 9.17) is 0 Å². The summed E-state index contributed by atoms with van der Waals surface area (Å²) in [5, 5.41) is 7.60. The zero-order chi connectivity index (χ0) is 46.4. The highest BCUT2D eigenvalue weighted by Gasteiger charge is 2.22. The molecule has 0 unspecified atom stereocenters. The van der Waals surface area contributed by atoms with Crippen LogP contribution in [-0.2, 0) is 0 Å². The van der Waals surface area contributed by atoms with Crippen molar-refractivity contribution in [2.75, 3.05) is 4.90 Å². The molecule has 0 spiro atoms. The summed E-state index contributed by atoms with van der Waals surface area (Å²) in [6.07, 6.45) is 0. The zero-order valence-electron chi connectivity index (χ0n) is 38.3. The van der Waals surface area contributed by atoms with E-state index in [1.54, 1.807) is 0 Å². The minimum absolute atomic E-state index is 1.08. The van der Waals surface area contributed by atoms with Gasteiger partial charge in [-0.3, -0.25) is 0 Å². The molecule has 0 saturated heterocycles. The van der Waals surface area contributed by atoms with Crippen LogP contribution in [-0.4, -0.2) is 0 Å². The first-order chi connectivity index (χ1) is 34.7. The van der Waals surface area contributed by atoms with Crippen molar-refractivity contribution in [3.8, 4) is 66.8 Å². The molecular weight excluding hydrogens is 863 g/mol. The van der Waals surface area contributed by atoms with Crippen LogP contribution < -0.4 is 4.90 Å². The van der Waals surface area contributed by atoms with E-state index in [0.717, 1.165) is 39.3 Å². The van der Waals surface area contributed by atoms with Gasteiger partial charge in [-0.05, 0) is 131 Å². The van der Waals surface area contributed by atoms with Gasteiger partial charge in [0, 0.05) is 37.1 Å². The largest absolute Gasteiger partial charge is 0.310 e. The second kappa shape index (κ2) is 17.7. The van der Waals surface area contributed by atoms with E-state index in [9.17, 15) is 0 Å². The van der Waals surface area contributed by atoms with Gasteiger partial charge in [-0.1, -0.05) is 224 Å². The number of fused-ring (bicyclic) bond motifs is 6. The lowest BCUT2D eigenvalue weighted by molar-refractivity contribution is 1.28. The molecule has 0 aliphatic carbocycles. The number of thiophene rings is 1. The molecule has 13 aromatic rings. The van der Waals surface area contributed by atoms with Crippen molar-refractivity contribution in [2.45, 2.75) is 0 Å². The summed E-state index contributed by atoms with van der Waals surface area (Å²) in [7, 11) is 0. The van der Waals surface area contributed by atoms with E-state index in [1.165, 1.54) is 86.2 Å². The number of benzene rings is 12. The van der Waals surface area contributed by atoms with Gasteiger partial charge < -0.3 is 4.90 Å². The van der Waals surface area contributed by atoms with Gasteiger partial charge in [-0.2, -0.15) is 0 Å². The molecule has 1 aromatic heterocycles. The smallest absolute Gasteiger partial charge is 0.0540 e. The van der Waals surface area contributed by atoms with Crippen LogP contribution in [0, 0.1) is 0 Å². The fraction of sp³-hybridized carbons (Fsp3) is 0. The van der Waals surface area contributed by atoms with Crippen molar-refractivity contribution in [3.63, 3.8) is 0 Å². The third-order valence-electron chi connectivity index (χ3n) is 13.9. The molecule has 0 aliphatic rings. The molecule has 0 N–H and O–H groups in total. The van der Waals surface area contributed by atoms with E-state index in [0.29, 0.717) is 0 Å². The minimum atomic E-state index is 1.08. The van der Waals surface area contributed by atoms with Crippen LogP contribution in [0.25, 0.3) is 108 Å². The molecule has 0 fully saturated rings. The lowest BCUT2D eigenvalue weighted by Gasteiger charge is -2.29. The Morgan fingerprint density at radius 2 is 0.729 bits per heavy atom. The Balaban J connectivity index is 1.01. The summed E-state index contributed by atoms with van der Waals surface area (Å²) < 4.78 is 2.63. The molecule has 13 rings (SSSR count). The Bertz CT molecular complexity index is 4030. The Morgan fingerprint density at radius 3 is 1.44 bits per heavy atom. The number of nitrogens with zero attached hydrogens (tertiary/aromatic N) is 1. The van der Waals surface area contributed by atoms with Gasteiger partial charge in [0.05, 0.1) is 5.69 Å². The topological polar surface area (TPSA) is 3.24 Å². The predicted octanol–water partition coefficient (Wildman–Crippen LogP) is 19.8. The fourth-order valence-electron chi connectivity index (χ4n) is 10.6. The maximum Gasteiger partial charge on any atom is 0.0540 e. The number of hydrogen-bond acceptors (Lipinski definition) is 2. The molecule has 12 aromatic carbocycles. The maximum atomic E-state index is 2.45. The SMILES string of the molecule is c1ccc(-c2ccc(N(c3ccc(-c4cccc5c4sc4ccccc45)cc3)c3cccc(-c4ccc5c(c4)c(-c4ccccc4)c(-c4ccccc4)c4ccccc45)c3)c(-c3ccccc3)c2)cc1. The molecule has 0 saturated carbocycles. The van der Waals surface area contributed by atoms with Crippen molar-refractivity contribution in [3.05, 3.63) is 273 Å². The molecule has 0 bridgehead atoms. The van der Waals surface area contributed by atoms with Crippen molar-refractivity contribution in [1.29, 1.82) is 0 Å². The fourth-order valence-corrected chi connectivity index (χ4v) is 11.8. The zero-order valence-corrected chi connectivity index (χ0v) is 39.2. The van der Waals surface area contributed by atoms with Crippen molar-refractivity contribution >= 4 is 70.1 Å². The van der Waals surface area contributed by atoms with E-state index >= 15 is 0 Å². The Hall–Kier alpha value is -8.82. The summed E-state index contributed by atoms with van der Waals surface area (Å²) >= 11 is 1.88. The lowest BCUT2D eigenvalue weighted by atomic mass is 9.84. The average Bonchev–Trinajstić information content (AvgIpc) is 3.83. The first-order valence-electron chi connectivity index (χ1n) is 24.0. The highest BCUT2D eigenvalue weighted by atomic mass is 32.1. The lowest BCUT2D eigenvalue weighted by Crippen LogP contribution is -2.11. The molecule has 0 atom stereocenters. The summed E-state index contributed by atoms with van der Waals surface area (Å²) in [5.41, 5.74) is 17.6. The van der Waals surface area contributed by atoms with Gasteiger partial charge in [0.2, 0.25) is 0 Å². The maximum absolute atomic E-state index is 2.45. The van der Waals surface area contributed by atoms with Crippen LogP contribution >= 0.6 is 11.3 Å². The molecule has 0 amide bonds. The van der Waals surface area contributed by atoms with Crippen LogP contribution in [0.1, 0.15) is 0 Å². The first kappa shape index (κ1) is 41.4. The van der Waals surface area contributed by atoms with Crippen molar-refractivity contribution in [2.24, 2.45) is 0 Å². The van der Waals surface area contributed by atoms with E-state index in [2.05, 4.69) is 278 Å². The van der Waals surface area contributed by atoms with Gasteiger partial charge in [0.15, 0.2) is 0 Å². The molecule has 70 heavy (non-hydrogen) atoms. The predicted molar refractivity (Wildman–Crippen MR) is 302 cm³/mol. The van der Waals surface area contributed by atoms with Crippen LogP contribution in [0.5, 0.6) is 0 Å². The molecule has 1 nitrogen and oxygen atoms in total. The molecule has 0 radical (unpaired) electrons. The molecule has 328 valence electrons. The average molecular weight is 908 g/mol. The van der Waals surface area contributed by atoms with Crippen LogP contribution in [0.2, 0.25) is 0 Å².